The number of benzene rings is 1. The van der Waals surface area contributed by atoms with Crippen LogP contribution in [0.15, 0.2) is 6.07 Å². The number of nitrogens with one attached hydrogen (secondary N) is 1. The van der Waals surface area contributed by atoms with Crippen LogP contribution in [0.3, 0.4) is 0 Å². The Kier molecular flexibility index (Phi) is 5.14. The maximum Gasteiger partial charge on any atom is 0.0379 e. The molecule has 1 heteroatoms. The first-order valence-corrected chi connectivity index (χ1v) is 8.71. The summed E-state index contributed by atoms with van der Waals surface area (Å²) in [4.78, 5) is 0. The Bertz CT molecular complexity index is 469. The Balaban J connectivity index is 2.51. The van der Waals surface area contributed by atoms with E-state index in [0.29, 0.717) is 11.5 Å². The van der Waals surface area contributed by atoms with Crippen LogP contribution in [0, 0.1) is 33.1 Å². The van der Waals surface area contributed by atoms with Crippen LogP contribution in [0.2, 0.25) is 0 Å². The van der Waals surface area contributed by atoms with Crippen LogP contribution in [-0.4, -0.2) is 6.54 Å². The van der Waals surface area contributed by atoms with Crippen molar-refractivity contribution in [3.63, 3.8) is 0 Å². The lowest BCUT2D eigenvalue weighted by molar-refractivity contribution is 0.222. The van der Waals surface area contributed by atoms with Gasteiger partial charge in [-0.05, 0) is 86.7 Å². The molecule has 1 atom stereocenters. The fourth-order valence-corrected chi connectivity index (χ4v) is 4.14. The minimum Gasteiger partial charge on any atom is -0.309 e. The van der Waals surface area contributed by atoms with Gasteiger partial charge in [-0.1, -0.05) is 32.8 Å². The van der Waals surface area contributed by atoms with Gasteiger partial charge in [0, 0.05) is 6.04 Å². The zero-order valence-corrected chi connectivity index (χ0v) is 14.9. The zero-order valence-electron chi connectivity index (χ0n) is 14.9. The summed E-state index contributed by atoms with van der Waals surface area (Å²) in [5.41, 5.74) is 7.89. The molecule has 0 spiro atoms. The zero-order chi connectivity index (χ0) is 15.6. The van der Waals surface area contributed by atoms with E-state index in [2.05, 4.69) is 52.9 Å². The molecule has 118 valence electrons. The topological polar surface area (TPSA) is 12.0 Å². The van der Waals surface area contributed by atoms with Crippen molar-refractivity contribution in [3.05, 3.63) is 33.9 Å². The highest BCUT2D eigenvalue weighted by molar-refractivity contribution is 5.46. The highest BCUT2D eigenvalue weighted by Crippen LogP contribution is 2.49. The fraction of sp³-hybridized carbons (Fsp3) is 0.700. The summed E-state index contributed by atoms with van der Waals surface area (Å²) in [6.45, 7) is 15.0. The van der Waals surface area contributed by atoms with Crippen LogP contribution >= 0.6 is 0 Å². The van der Waals surface area contributed by atoms with Gasteiger partial charge in [-0.25, -0.2) is 0 Å². The second-order valence-corrected chi connectivity index (χ2v) is 7.42. The lowest BCUT2D eigenvalue weighted by atomic mass is 9.73. The van der Waals surface area contributed by atoms with E-state index in [1.165, 1.54) is 54.4 Å². The lowest BCUT2D eigenvalue weighted by Crippen LogP contribution is -2.36. The summed E-state index contributed by atoms with van der Waals surface area (Å²) in [6.07, 6.45) is 6.71. The third kappa shape index (κ3) is 3.18. The molecule has 2 rings (SSSR count). The SMILES string of the molecule is CCCNC(c1c(C)c(C)cc(C)c1C)C1(C)CCCC1. The van der Waals surface area contributed by atoms with Gasteiger partial charge >= 0.3 is 0 Å². The quantitative estimate of drug-likeness (QED) is 0.749. The number of rotatable bonds is 5. The molecule has 1 aromatic rings. The second-order valence-electron chi connectivity index (χ2n) is 7.42. The third-order valence-corrected chi connectivity index (χ3v) is 5.75. The van der Waals surface area contributed by atoms with Crippen molar-refractivity contribution in [2.75, 3.05) is 6.54 Å². The summed E-state index contributed by atoms with van der Waals surface area (Å²) in [5.74, 6) is 0. The minimum absolute atomic E-state index is 0.422. The molecule has 1 unspecified atom stereocenters. The molecule has 0 heterocycles. The predicted octanol–water partition coefficient (Wildman–Crippen LogP) is 5.54. The molecular weight excluding hydrogens is 254 g/mol. The van der Waals surface area contributed by atoms with E-state index in [9.17, 15) is 0 Å². The van der Waals surface area contributed by atoms with Gasteiger partial charge < -0.3 is 5.32 Å². The molecule has 21 heavy (non-hydrogen) atoms. The normalized spacial score (nSPS) is 19.0. The van der Waals surface area contributed by atoms with Gasteiger partial charge in [0.15, 0.2) is 0 Å². The maximum absolute atomic E-state index is 3.90. The van der Waals surface area contributed by atoms with Crippen LogP contribution in [0.4, 0.5) is 0 Å². The van der Waals surface area contributed by atoms with E-state index in [0.717, 1.165) is 6.54 Å². The average molecular weight is 287 g/mol. The van der Waals surface area contributed by atoms with Crippen molar-refractivity contribution in [1.29, 1.82) is 0 Å². The molecule has 0 radical (unpaired) electrons. The molecule has 0 aromatic heterocycles. The maximum atomic E-state index is 3.90. The third-order valence-electron chi connectivity index (χ3n) is 5.75. The Morgan fingerprint density at radius 2 is 1.57 bits per heavy atom. The first-order chi connectivity index (χ1) is 9.90. The van der Waals surface area contributed by atoms with Crippen molar-refractivity contribution >= 4 is 0 Å². The van der Waals surface area contributed by atoms with E-state index < -0.39 is 0 Å². The van der Waals surface area contributed by atoms with Gasteiger partial charge in [0.05, 0.1) is 0 Å². The van der Waals surface area contributed by atoms with E-state index in [1.54, 1.807) is 5.56 Å². The summed E-state index contributed by atoms with van der Waals surface area (Å²) in [5, 5.41) is 3.90. The molecule has 1 nitrogen and oxygen atoms in total. The minimum atomic E-state index is 0.422. The van der Waals surface area contributed by atoms with Crippen molar-refractivity contribution < 1.29 is 0 Å². The van der Waals surface area contributed by atoms with Crippen LogP contribution in [0.5, 0.6) is 0 Å². The van der Waals surface area contributed by atoms with E-state index >= 15 is 0 Å². The Hall–Kier alpha value is -0.820. The standard InChI is InChI=1S/C20H33N/c1-7-12-21-19(20(6)10-8-9-11-20)18-16(4)14(2)13-15(3)17(18)5/h13,19,21H,7-12H2,1-6H3. The predicted molar refractivity (Wildman–Crippen MR) is 93.0 cm³/mol. The molecule has 1 aliphatic rings. The molecule has 0 saturated heterocycles. The summed E-state index contributed by atoms with van der Waals surface area (Å²) >= 11 is 0. The molecular formula is C20H33N. The van der Waals surface area contributed by atoms with Crippen molar-refractivity contribution in [1.82, 2.24) is 5.32 Å². The average Bonchev–Trinajstić information content (AvgIpc) is 2.88. The van der Waals surface area contributed by atoms with E-state index in [4.69, 9.17) is 0 Å². The van der Waals surface area contributed by atoms with Crippen LogP contribution in [-0.2, 0) is 0 Å². The molecule has 1 N–H and O–H groups in total. The number of aryl methyl sites for hydroxylation is 2. The second kappa shape index (κ2) is 6.52. The monoisotopic (exact) mass is 287 g/mol. The van der Waals surface area contributed by atoms with Crippen molar-refractivity contribution in [3.8, 4) is 0 Å². The molecule has 0 bridgehead atoms. The Morgan fingerprint density at radius 3 is 2.05 bits per heavy atom. The molecule has 1 fully saturated rings. The number of hydrogen-bond donors (Lipinski definition) is 1. The van der Waals surface area contributed by atoms with E-state index in [1.807, 2.05) is 0 Å². The van der Waals surface area contributed by atoms with E-state index in [-0.39, 0.29) is 0 Å². The summed E-state index contributed by atoms with van der Waals surface area (Å²) in [7, 11) is 0. The highest BCUT2D eigenvalue weighted by Gasteiger charge is 2.39. The molecule has 1 saturated carbocycles. The lowest BCUT2D eigenvalue weighted by Gasteiger charge is -2.38. The van der Waals surface area contributed by atoms with Gasteiger partial charge in [0.2, 0.25) is 0 Å². The van der Waals surface area contributed by atoms with Crippen molar-refractivity contribution in [2.24, 2.45) is 5.41 Å². The largest absolute Gasteiger partial charge is 0.309 e. The smallest absolute Gasteiger partial charge is 0.0379 e. The fourth-order valence-electron chi connectivity index (χ4n) is 4.14. The van der Waals surface area contributed by atoms with Gasteiger partial charge in [0.25, 0.3) is 0 Å². The van der Waals surface area contributed by atoms with Gasteiger partial charge in [0.1, 0.15) is 0 Å². The Labute approximate surface area is 131 Å². The van der Waals surface area contributed by atoms with Gasteiger partial charge in [-0.3, -0.25) is 0 Å². The highest BCUT2D eigenvalue weighted by atomic mass is 14.9. The molecule has 0 aliphatic heterocycles. The first-order valence-electron chi connectivity index (χ1n) is 8.71. The van der Waals surface area contributed by atoms with Gasteiger partial charge in [-0.15, -0.1) is 0 Å². The molecule has 0 amide bonds. The summed E-state index contributed by atoms with van der Waals surface area (Å²) < 4.78 is 0. The van der Waals surface area contributed by atoms with Gasteiger partial charge in [-0.2, -0.15) is 0 Å². The summed E-state index contributed by atoms with van der Waals surface area (Å²) in [6, 6.07) is 2.86. The number of hydrogen-bond acceptors (Lipinski definition) is 1. The molecule has 1 aromatic carbocycles. The molecule has 1 aliphatic carbocycles. The van der Waals surface area contributed by atoms with Crippen molar-refractivity contribution in [2.45, 2.75) is 79.7 Å². The first kappa shape index (κ1) is 16.5. The Morgan fingerprint density at radius 1 is 1.05 bits per heavy atom. The van der Waals surface area contributed by atoms with Crippen LogP contribution in [0.1, 0.15) is 79.8 Å². The van der Waals surface area contributed by atoms with Crippen LogP contribution in [0.25, 0.3) is 0 Å². The van der Waals surface area contributed by atoms with Crippen LogP contribution < -0.4 is 5.32 Å².